The van der Waals surface area contributed by atoms with E-state index in [1.807, 2.05) is 0 Å². The zero-order valence-corrected chi connectivity index (χ0v) is 22.2. The quantitative estimate of drug-likeness (QED) is 0.342. The standard InChI is InChI=1S/C25H33ClN4O7/c1-5-36-19-13-20(32)37-23(19)29-25(35)30(10-6-7-11-30)24(34)21(14(2)3)28-22(33)17-9-8-16(12-18(17)26)27-15(4)31/h8-9,12,14,19,21,23H,5-7,10-11,13H2,1-4H3,(H2-,27,28,29,31,33,35)/p+1/t19-,21-,23+/m0/s1. The number of nitrogens with zero attached hydrogens (tertiary/aromatic N) is 1. The number of urea groups is 1. The Bertz CT molecular complexity index is 1070. The number of carbonyl (C=O) groups is 5. The van der Waals surface area contributed by atoms with E-state index in [1.165, 1.54) is 25.1 Å². The van der Waals surface area contributed by atoms with Gasteiger partial charge in [0.15, 0.2) is 0 Å². The first-order chi connectivity index (χ1) is 17.5. The van der Waals surface area contributed by atoms with Gasteiger partial charge in [-0.05, 0) is 31.0 Å². The lowest BCUT2D eigenvalue weighted by atomic mass is 10.0. The van der Waals surface area contributed by atoms with Gasteiger partial charge in [-0.15, -0.1) is 0 Å². The fourth-order valence-corrected chi connectivity index (χ4v) is 4.91. The molecule has 0 aromatic heterocycles. The van der Waals surface area contributed by atoms with Crippen molar-refractivity contribution in [3.63, 3.8) is 0 Å². The molecule has 202 valence electrons. The van der Waals surface area contributed by atoms with Crippen molar-refractivity contribution < 1.29 is 37.9 Å². The average Bonchev–Trinajstić information content (AvgIpc) is 3.44. The summed E-state index contributed by atoms with van der Waals surface area (Å²) in [4.78, 5) is 63.6. The molecule has 11 nitrogen and oxygen atoms in total. The highest BCUT2D eigenvalue weighted by Crippen LogP contribution is 2.27. The van der Waals surface area contributed by atoms with Crippen LogP contribution in [0.15, 0.2) is 18.2 Å². The fraction of sp³-hybridized carbons (Fsp3) is 0.560. The minimum Gasteiger partial charge on any atom is -0.439 e. The SMILES string of the molecule is CCO[C@H]1CC(=O)O[C@H]1NC(=O)[N+]1(C(=O)[C@@H](NC(=O)c2ccc(NC(C)=O)cc2Cl)C(C)C)CCCC1. The lowest BCUT2D eigenvalue weighted by Gasteiger charge is -2.34. The van der Waals surface area contributed by atoms with E-state index < -0.39 is 46.7 Å². The van der Waals surface area contributed by atoms with Crippen molar-refractivity contribution in [2.75, 3.05) is 25.0 Å². The highest BCUT2D eigenvalue weighted by Gasteiger charge is 2.53. The Kier molecular flexibility index (Phi) is 9.27. The van der Waals surface area contributed by atoms with Crippen LogP contribution in [0.5, 0.6) is 0 Å². The molecule has 2 heterocycles. The van der Waals surface area contributed by atoms with Gasteiger partial charge in [0.2, 0.25) is 12.1 Å². The smallest absolute Gasteiger partial charge is 0.427 e. The Labute approximate surface area is 220 Å². The van der Waals surface area contributed by atoms with Crippen molar-refractivity contribution in [1.82, 2.24) is 10.6 Å². The first kappa shape index (κ1) is 28.5. The van der Waals surface area contributed by atoms with E-state index >= 15 is 0 Å². The third-order valence-electron chi connectivity index (χ3n) is 6.50. The van der Waals surface area contributed by atoms with Gasteiger partial charge in [-0.25, -0.2) is 9.59 Å². The molecule has 2 aliphatic rings. The van der Waals surface area contributed by atoms with Gasteiger partial charge in [0, 0.05) is 32.1 Å². The largest absolute Gasteiger partial charge is 0.439 e. The summed E-state index contributed by atoms with van der Waals surface area (Å²) >= 11 is 6.28. The van der Waals surface area contributed by atoms with Crippen molar-refractivity contribution in [3.05, 3.63) is 28.8 Å². The predicted octanol–water partition coefficient (Wildman–Crippen LogP) is 2.58. The van der Waals surface area contributed by atoms with Crippen LogP contribution in [-0.4, -0.2) is 72.3 Å². The molecule has 37 heavy (non-hydrogen) atoms. The van der Waals surface area contributed by atoms with E-state index in [4.69, 9.17) is 21.1 Å². The number of carbonyl (C=O) groups excluding carboxylic acids is 5. The van der Waals surface area contributed by atoms with Crippen molar-refractivity contribution in [2.24, 2.45) is 5.92 Å². The highest BCUT2D eigenvalue weighted by molar-refractivity contribution is 6.34. The van der Waals surface area contributed by atoms with Gasteiger partial charge in [0.05, 0.1) is 30.1 Å². The number of ether oxygens (including phenoxy) is 2. The number of esters is 1. The lowest BCUT2D eigenvalue weighted by Crippen LogP contribution is -2.67. The summed E-state index contributed by atoms with van der Waals surface area (Å²) in [6.45, 7) is 7.54. The van der Waals surface area contributed by atoms with Gasteiger partial charge >= 0.3 is 17.9 Å². The van der Waals surface area contributed by atoms with Crippen molar-refractivity contribution in [1.29, 1.82) is 0 Å². The Hall–Kier alpha value is -3.02. The van der Waals surface area contributed by atoms with Gasteiger partial charge in [0.1, 0.15) is 12.1 Å². The molecule has 0 unspecified atom stereocenters. The maximum absolute atomic E-state index is 13.9. The topological polar surface area (TPSA) is 140 Å². The summed E-state index contributed by atoms with van der Waals surface area (Å²) in [5, 5.41) is 8.14. The molecule has 3 atom stereocenters. The third kappa shape index (κ3) is 6.46. The molecular formula is C25H34ClN4O7+. The number of halogens is 1. The van der Waals surface area contributed by atoms with E-state index in [0.717, 1.165) is 0 Å². The number of benzene rings is 1. The number of rotatable bonds is 8. The molecule has 1 aromatic carbocycles. The lowest BCUT2D eigenvalue weighted by molar-refractivity contribution is -0.761. The second kappa shape index (κ2) is 12.0. The Morgan fingerprint density at radius 3 is 2.43 bits per heavy atom. The van der Waals surface area contributed by atoms with Crippen LogP contribution >= 0.6 is 11.6 Å². The van der Waals surface area contributed by atoms with E-state index in [2.05, 4.69) is 16.0 Å². The van der Waals surface area contributed by atoms with E-state index in [9.17, 15) is 24.0 Å². The summed E-state index contributed by atoms with van der Waals surface area (Å²) in [5.41, 5.74) is 0.561. The molecule has 1 aromatic rings. The Morgan fingerprint density at radius 1 is 1.19 bits per heavy atom. The van der Waals surface area contributed by atoms with Crippen molar-refractivity contribution >= 4 is 47.0 Å². The summed E-state index contributed by atoms with van der Waals surface area (Å²) in [7, 11) is 0. The predicted molar refractivity (Wildman–Crippen MR) is 135 cm³/mol. The summed E-state index contributed by atoms with van der Waals surface area (Å²) in [6.07, 6.45) is -0.320. The number of likely N-dealkylation sites (tertiary alicyclic amines) is 1. The number of amides is 5. The summed E-state index contributed by atoms with van der Waals surface area (Å²) < 4.78 is 10.2. The van der Waals surface area contributed by atoms with E-state index in [-0.39, 0.29) is 41.9 Å². The molecule has 5 amide bonds. The molecule has 0 radical (unpaired) electrons. The zero-order chi connectivity index (χ0) is 27.3. The van der Waals surface area contributed by atoms with Gasteiger partial charge in [-0.1, -0.05) is 25.4 Å². The van der Waals surface area contributed by atoms with Crippen LogP contribution < -0.4 is 16.0 Å². The van der Waals surface area contributed by atoms with Gasteiger partial charge in [-0.2, -0.15) is 4.48 Å². The molecule has 0 spiro atoms. The van der Waals surface area contributed by atoms with Gasteiger partial charge in [0.25, 0.3) is 5.91 Å². The molecule has 3 rings (SSSR count). The number of anilines is 1. The minimum absolute atomic E-state index is 0.0128. The minimum atomic E-state index is -0.990. The normalized spacial score (nSPS) is 21.3. The zero-order valence-electron chi connectivity index (χ0n) is 21.5. The number of quaternary nitrogens is 1. The second-order valence-electron chi connectivity index (χ2n) is 9.59. The van der Waals surface area contributed by atoms with Crippen molar-refractivity contribution in [2.45, 2.75) is 65.3 Å². The number of imide groups is 1. The summed E-state index contributed by atoms with van der Waals surface area (Å²) in [5.74, 6) is -2.14. The van der Waals surface area contributed by atoms with Gasteiger partial charge in [-0.3, -0.25) is 19.7 Å². The molecule has 12 heteroatoms. The number of nitrogens with one attached hydrogen (secondary N) is 3. The summed E-state index contributed by atoms with van der Waals surface area (Å²) in [6, 6.07) is 2.86. The number of cyclic esters (lactones) is 1. The van der Waals surface area contributed by atoms with Crippen LogP contribution in [-0.2, 0) is 23.9 Å². The molecular weight excluding hydrogens is 504 g/mol. The van der Waals surface area contributed by atoms with Crippen LogP contribution in [0.4, 0.5) is 10.5 Å². The van der Waals surface area contributed by atoms with E-state index in [1.54, 1.807) is 20.8 Å². The molecule has 2 fully saturated rings. The molecule has 3 N–H and O–H groups in total. The molecule has 0 bridgehead atoms. The van der Waals surface area contributed by atoms with Crippen LogP contribution in [0.25, 0.3) is 0 Å². The first-order valence-electron chi connectivity index (χ1n) is 12.4. The number of hydrogen-bond donors (Lipinski definition) is 3. The van der Waals surface area contributed by atoms with Crippen LogP contribution in [0.3, 0.4) is 0 Å². The Morgan fingerprint density at radius 2 is 1.86 bits per heavy atom. The molecule has 0 aliphatic carbocycles. The maximum atomic E-state index is 13.9. The van der Waals surface area contributed by atoms with Gasteiger partial charge < -0.3 is 20.1 Å². The maximum Gasteiger partial charge on any atom is 0.427 e. The molecule has 2 saturated heterocycles. The first-order valence-corrected chi connectivity index (χ1v) is 12.8. The monoisotopic (exact) mass is 537 g/mol. The average molecular weight is 538 g/mol. The fourth-order valence-electron chi connectivity index (χ4n) is 4.64. The second-order valence-corrected chi connectivity index (χ2v) is 10.00. The van der Waals surface area contributed by atoms with Crippen molar-refractivity contribution in [3.8, 4) is 0 Å². The number of hydrogen-bond acceptors (Lipinski definition) is 7. The molecule has 2 aliphatic heterocycles. The van der Waals surface area contributed by atoms with Crippen LogP contribution in [0, 0.1) is 5.92 Å². The Balaban J connectivity index is 1.80. The van der Waals surface area contributed by atoms with Crippen LogP contribution in [0.1, 0.15) is 57.3 Å². The molecule has 0 saturated carbocycles. The highest BCUT2D eigenvalue weighted by atomic mass is 35.5. The van der Waals surface area contributed by atoms with Crippen LogP contribution in [0.2, 0.25) is 5.02 Å². The van der Waals surface area contributed by atoms with E-state index in [0.29, 0.717) is 25.1 Å². The third-order valence-corrected chi connectivity index (χ3v) is 6.82.